The first-order valence-corrected chi connectivity index (χ1v) is 8.20. The smallest absolute Gasteiger partial charge is 0.213 e. The molecule has 118 valence electrons. The first-order chi connectivity index (χ1) is 10.2. The van der Waals surface area contributed by atoms with Gasteiger partial charge in [-0.05, 0) is 64.4 Å². The van der Waals surface area contributed by atoms with Crippen molar-refractivity contribution in [2.45, 2.75) is 52.1 Å². The van der Waals surface area contributed by atoms with E-state index in [0.29, 0.717) is 6.04 Å². The zero-order valence-corrected chi connectivity index (χ0v) is 13.7. The van der Waals surface area contributed by atoms with Gasteiger partial charge in [0.1, 0.15) is 0 Å². The minimum absolute atomic E-state index is 0.681. The summed E-state index contributed by atoms with van der Waals surface area (Å²) in [5, 5.41) is 3.42. The van der Waals surface area contributed by atoms with Crippen LogP contribution in [0.1, 0.15) is 43.9 Å². The summed E-state index contributed by atoms with van der Waals surface area (Å²) < 4.78 is 5.88. The molecule has 2 rings (SSSR count). The van der Waals surface area contributed by atoms with Crippen molar-refractivity contribution in [2.24, 2.45) is 0 Å². The van der Waals surface area contributed by atoms with E-state index < -0.39 is 0 Å². The van der Waals surface area contributed by atoms with E-state index in [2.05, 4.69) is 41.3 Å². The van der Waals surface area contributed by atoms with Crippen molar-refractivity contribution in [3.8, 4) is 5.88 Å². The molecule has 0 radical (unpaired) electrons. The highest BCUT2D eigenvalue weighted by Crippen LogP contribution is 2.19. The highest BCUT2D eigenvalue weighted by atomic mass is 16.5. The van der Waals surface area contributed by atoms with E-state index in [1.54, 1.807) is 0 Å². The van der Waals surface area contributed by atoms with Crippen LogP contribution in [0.25, 0.3) is 0 Å². The highest BCUT2D eigenvalue weighted by molar-refractivity contribution is 5.24. The lowest BCUT2D eigenvalue weighted by Crippen LogP contribution is -2.26. The number of nitrogens with zero attached hydrogens (tertiary/aromatic N) is 2. The van der Waals surface area contributed by atoms with E-state index >= 15 is 0 Å². The molecule has 1 fully saturated rings. The summed E-state index contributed by atoms with van der Waals surface area (Å²) in [5.41, 5.74) is 2.28. The average Bonchev–Trinajstić information content (AvgIpc) is 2.84. The predicted octanol–water partition coefficient (Wildman–Crippen LogP) is 2.75. The van der Waals surface area contributed by atoms with Crippen molar-refractivity contribution in [2.75, 3.05) is 26.7 Å². The van der Waals surface area contributed by atoms with E-state index in [1.165, 1.54) is 24.9 Å². The molecule has 1 N–H and O–H groups in total. The molecule has 0 aromatic carbocycles. The zero-order valence-electron chi connectivity index (χ0n) is 13.7. The number of aryl methyl sites for hydroxylation is 1. The van der Waals surface area contributed by atoms with Gasteiger partial charge in [-0.25, -0.2) is 4.98 Å². The van der Waals surface area contributed by atoms with Crippen LogP contribution in [0.2, 0.25) is 0 Å². The van der Waals surface area contributed by atoms with Crippen molar-refractivity contribution in [1.29, 1.82) is 0 Å². The summed E-state index contributed by atoms with van der Waals surface area (Å²) in [6, 6.07) is 4.87. The van der Waals surface area contributed by atoms with Gasteiger partial charge in [0, 0.05) is 24.3 Å². The van der Waals surface area contributed by atoms with E-state index in [1.807, 2.05) is 6.92 Å². The first-order valence-electron chi connectivity index (χ1n) is 8.20. The number of hydrogen-bond acceptors (Lipinski definition) is 4. The highest BCUT2D eigenvalue weighted by Gasteiger charge is 2.20. The van der Waals surface area contributed by atoms with Crippen LogP contribution in [0.5, 0.6) is 5.88 Å². The Morgan fingerprint density at radius 3 is 3.00 bits per heavy atom. The van der Waals surface area contributed by atoms with Gasteiger partial charge in [-0.15, -0.1) is 0 Å². The van der Waals surface area contributed by atoms with Crippen LogP contribution in [-0.2, 0) is 6.54 Å². The van der Waals surface area contributed by atoms with Crippen molar-refractivity contribution in [1.82, 2.24) is 15.2 Å². The van der Waals surface area contributed by atoms with Crippen molar-refractivity contribution in [3.05, 3.63) is 23.4 Å². The summed E-state index contributed by atoms with van der Waals surface area (Å²) in [6.45, 7) is 8.12. The zero-order chi connectivity index (χ0) is 15.1. The van der Waals surface area contributed by atoms with Gasteiger partial charge in [0.05, 0.1) is 6.61 Å². The molecule has 4 heteroatoms. The molecule has 1 aromatic rings. The summed E-state index contributed by atoms with van der Waals surface area (Å²) in [7, 11) is 2.21. The predicted molar refractivity (Wildman–Crippen MR) is 86.7 cm³/mol. The SMILES string of the molecule is CCCNCc1cc(C)nc(OCCC2CCCN2C)c1. The Labute approximate surface area is 128 Å². The Bertz CT molecular complexity index is 436. The standard InChI is InChI=1S/C17H29N3O/c1-4-8-18-13-15-11-14(2)19-17(12-15)21-10-7-16-6-5-9-20(16)3/h11-12,16,18H,4-10,13H2,1-3H3. The molecule has 2 heterocycles. The third kappa shape index (κ3) is 5.29. The van der Waals surface area contributed by atoms with Crippen LogP contribution in [0.15, 0.2) is 12.1 Å². The first kappa shape index (κ1) is 16.2. The third-order valence-corrected chi connectivity index (χ3v) is 4.12. The Kier molecular flexibility index (Phi) is 6.46. The monoisotopic (exact) mass is 291 g/mol. The van der Waals surface area contributed by atoms with E-state index in [-0.39, 0.29) is 0 Å². The van der Waals surface area contributed by atoms with Crippen LogP contribution >= 0.6 is 0 Å². The summed E-state index contributed by atoms with van der Waals surface area (Å²) in [4.78, 5) is 6.92. The average molecular weight is 291 g/mol. The van der Waals surface area contributed by atoms with Crippen LogP contribution in [0, 0.1) is 6.92 Å². The number of likely N-dealkylation sites (tertiary alicyclic amines) is 1. The maximum atomic E-state index is 5.88. The molecule has 1 aliphatic rings. The summed E-state index contributed by atoms with van der Waals surface area (Å²) in [6.07, 6.45) is 4.86. The second-order valence-corrected chi connectivity index (χ2v) is 6.05. The lowest BCUT2D eigenvalue weighted by Gasteiger charge is -2.19. The molecule has 0 spiro atoms. The van der Waals surface area contributed by atoms with E-state index in [9.17, 15) is 0 Å². The van der Waals surface area contributed by atoms with Gasteiger partial charge in [0.25, 0.3) is 0 Å². The Morgan fingerprint density at radius 2 is 2.29 bits per heavy atom. The number of hydrogen-bond donors (Lipinski definition) is 1. The quantitative estimate of drug-likeness (QED) is 0.747. The fourth-order valence-electron chi connectivity index (χ4n) is 2.94. The summed E-state index contributed by atoms with van der Waals surface area (Å²) in [5.74, 6) is 0.768. The molecule has 1 saturated heterocycles. The van der Waals surface area contributed by atoms with Crippen molar-refractivity contribution in [3.63, 3.8) is 0 Å². The topological polar surface area (TPSA) is 37.4 Å². The lowest BCUT2D eigenvalue weighted by atomic mass is 10.1. The molecule has 0 bridgehead atoms. The fourth-order valence-corrected chi connectivity index (χ4v) is 2.94. The maximum absolute atomic E-state index is 5.88. The minimum atomic E-state index is 0.681. The molecule has 1 aromatic heterocycles. The molecule has 1 unspecified atom stereocenters. The lowest BCUT2D eigenvalue weighted by molar-refractivity contribution is 0.228. The second kappa shape index (κ2) is 8.35. The van der Waals surface area contributed by atoms with Gasteiger partial charge in [0.15, 0.2) is 0 Å². The maximum Gasteiger partial charge on any atom is 0.213 e. The second-order valence-electron chi connectivity index (χ2n) is 6.05. The molecule has 1 aliphatic heterocycles. The normalized spacial score (nSPS) is 19.1. The number of pyridine rings is 1. The largest absolute Gasteiger partial charge is 0.478 e. The van der Waals surface area contributed by atoms with Gasteiger partial charge in [-0.2, -0.15) is 0 Å². The molecular formula is C17H29N3O. The molecular weight excluding hydrogens is 262 g/mol. The molecule has 1 atom stereocenters. The van der Waals surface area contributed by atoms with Gasteiger partial charge >= 0.3 is 0 Å². The Balaban J connectivity index is 1.81. The van der Waals surface area contributed by atoms with E-state index in [4.69, 9.17) is 4.74 Å². The van der Waals surface area contributed by atoms with Crippen molar-refractivity contribution < 1.29 is 4.74 Å². The number of nitrogens with one attached hydrogen (secondary N) is 1. The third-order valence-electron chi connectivity index (χ3n) is 4.12. The Morgan fingerprint density at radius 1 is 1.43 bits per heavy atom. The van der Waals surface area contributed by atoms with Crippen molar-refractivity contribution >= 4 is 0 Å². The summed E-state index contributed by atoms with van der Waals surface area (Å²) >= 11 is 0. The van der Waals surface area contributed by atoms with Gasteiger partial charge < -0.3 is 15.0 Å². The van der Waals surface area contributed by atoms with Crippen LogP contribution in [0.3, 0.4) is 0 Å². The van der Waals surface area contributed by atoms with Crippen LogP contribution in [0.4, 0.5) is 0 Å². The number of rotatable bonds is 8. The fraction of sp³-hybridized carbons (Fsp3) is 0.706. The van der Waals surface area contributed by atoms with Crippen LogP contribution in [-0.4, -0.2) is 42.7 Å². The molecule has 0 aliphatic carbocycles. The molecule has 4 nitrogen and oxygen atoms in total. The molecule has 0 amide bonds. The van der Waals surface area contributed by atoms with Crippen LogP contribution < -0.4 is 10.1 Å². The van der Waals surface area contributed by atoms with E-state index in [0.717, 1.165) is 44.1 Å². The minimum Gasteiger partial charge on any atom is -0.478 e. The van der Waals surface area contributed by atoms with Gasteiger partial charge in [-0.3, -0.25) is 0 Å². The van der Waals surface area contributed by atoms with Gasteiger partial charge in [0.2, 0.25) is 5.88 Å². The molecule has 21 heavy (non-hydrogen) atoms. The molecule has 0 saturated carbocycles. The Hall–Kier alpha value is -1.13. The number of aromatic nitrogens is 1. The number of ether oxygens (including phenoxy) is 1. The van der Waals surface area contributed by atoms with Gasteiger partial charge in [-0.1, -0.05) is 6.92 Å².